The van der Waals surface area contributed by atoms with Gasteiger partial charge in [-0.05, 0) is 63.2 Å². The SMILES string of the molecule is CCC(CC)(CCCCOCCCCC(CC)(CC)S(N)(=O)=O)CS(N)(=O)=O. The molecule has 0 aromatic heterocycles. The van der Waals surface area contributed by atoms with Crippen molar-refractivity contribution in [2.75, 3.05) is 19.0 Å². The van der Waals surface area contributed by atoms with Crippen molar-refractivity contribution in [1.82, 2.24) is 0 Å². The van der Waals surface area contributed by atoms with Crippen LogP contribution in [0.3, 0.4) is 0 Å². The van der Waals surface area contributed by atoms with Crippen LogP contribution in [-0.2, 0) is 24.8 Å². The molecule has 0 rings (SSSR count). The van der Waals surface area contributed by atoms with Gasteiger partial charge in [-0.3, -0.25) is 0 Å². The molecule has 0 saturated heterocycles. The Bertz CT molecular complexity index is 625. The first-order chi connectivity index (χ1) is 12.9. The van der Waals surface area contributed by atoms with Gasteiger partial charge in [0, 0.05) is 13.2 Å². The minimum Gasteiger partial charge on any atom is -0.381 e. The van der Waals surface area contributed by atoms with Crippen LogP contribution >= 0.6 is 0 Å². The van der Waals surface area contributed by atoms with E-state index in [4.69, 9.17) is 15.0 Å². The summed E-state index contributed by atoms with van der Waals surface area (Å²) in [6, 6.07) is 0. The fraction of sp³-hybridized carbons (Fsp3) is 1.00. The Morgan fingerprint density at radius 2 is 1.18 bits per heavy atom. The minimum atomic E-state index is -3.56. The summed E-state index contributed by atoms with van der Waals surface area (Å²) in [5.74, 6) is 0.0362. The van der Waals surface area contributed by atoms with Gasteiger partial charge in [-0.2, -0.15) is 0 Å². The van der Waals surface area contributed by atoms with E-state index in [-0.39, 0.29) is 11.2 Å². The van der Waals surface area contributed by atoms with Gasteiger partial charge in [0.05, 0.1) is 10.5 Å². The first kappa shape index (κ1) is 27.8. The number of hydrogen-bond donors (Lipinski definition) is 2. The minimum absolute atomic E-state index is 0.0362. The maximum absolute atomic E-state index is 11.9. The van der Waals surface area contributed by atoms with Crippen LogP contribution in [0, 0.1) is 5.41 Å². The summed E-state index contributed by atoms with van der Waals surface area (Å²) in [6.45, 7) is 8.98. The number of sulfonamides is 2. The van der Waals surface area contributed by atoms with E-state index in [0.29, 0.717) is 32.5 Å². The second kappa shape index (κ2) is 12.5. The van der Waals surface area contributed by atoms with Gasteiger partial charge in [0.1, 0.15) is 0 Å². The molecule has 0 atom stereocenters. The van der Waals surface area contributed by atoms with Crippen molar-refractivity contribution in [1.29, 1.82) is 0 Å². The summed E-state index contributed by atoms with van der Waals surface area (Å²) in [6.07, 6.45) is 7.36. The number of nitrogens with two attached hydrogens (primary N) is 2. The van der Waals surface area contributed by atoms with Crippen molar-refractivity contribution in [2.45, 2.75) is 96.7 Å². The second-order valence-corrected chi connectivity index (χ2v) is 11.5. The highest BCUT2D eigenvalue weighted by Gasteiger charge is 2.37. The van der Waals surface area contributed by atoms with Gasteiger partial charge in [-0.15, -0.1) is 0 Å². The van der Waals surface area contributed by atoms with Crippen LogP contribution in [-0.4, -0.2) is 40.5 Å². The van der Waals surface area contributed by atoms with E-state index in [1.165, 1.54) is 0 Å². The Hall–Kier alpha value is -0.220. The van der Waals surface area contributed by atoms with Crippen LogP contribution in [0.4, 0.5) is 0 Å². The zero-order valence-electron chi connectivity index (χ0n) is 18.2. The summed E-state index contributed by atoms with van der Waals surface area (Å²) < 4.78 is 51.6. The third kappa shape index (κ3) is 9.52. The molecule has 0 aromatic carbocycles. The molecule has 0 aliphatic rings. The number of ether oxygens (including phenoxy) is 1. The first-order valence-corrected chi connectivity index (χ1v) is 13.8. The van der Waals surface area contributed by atoms with Crippen molar-refractivity contribution in [3.05, 3.63) is 0 Å². The van der Waals surface area contributed by atoms with Crippen molar-refractivity contribution in [3.8, 4) is 0 Å². The molecule has 0 aromatic rings. The third-order valence-corrected chi connectivity index (χ3v) is 9.32. The molecule has 28 heavy (non-hydrogen) atoms. The highest BCUT2D eigenvalue weighted by Crippen LogP contribution is 2.34. The predicted octanol–water partition coefficient (Wildman–Crippen LogP) is 3.29. The molecular formula is C19H42N2O5S2. The predicted molar refractivity (Wildman–Crippen MR) is 116 cm³/mol. The molecule has 0 aliphatic carbocycles. The first-order valence-electron chi connectivity index (χ1n) is 10.5. The van der Waals surface area contributed by atoms with Crippen molar-refractivity contribution in [3.63, 3.8) is 0 Å². The quantitative estimate of drug-likeness (QED) is 0.334. The van der Waals surface area contributed by atoms with Crippen molar-refractivity contribution in [2.24, 2.45) is 15.7 Å². The largest absolute Gasteiger partial charge is 0.381 e. The van der Waals surface area contributed by atoms with E-state index in [9.17, 15) is 16.8 Å². The van der Waals surface area contributed by atoms with Gasteiger partial charge in [-0.25, -0.2) is 27.1 Å². The molecule has 0 aliphatic heterocycles. The molecule has 0 radical (unpaired) electrons. The maximum Gasteiger partial charge on any atom is 0.214 e. The normalized spacial score (nSPS) is 13.8. The van der Waals surface area contributed by atoms with Crippen LogP contribution in [0.2, 0.25) is 0 Å². The Kier molecular flexibility index (Phi) is 12.4. The molecule has 0 heterocycles. The lowest BCUT2D eigenvalue weighted by molar-refractivity contribution is 0.121. The Labute approximate surface area is 173 Å². The number of unbranched alkanes of at least 4 members (excludes halogenated alkanes) is 2. The number of primary sulfonamides is 2. The van der Waals surface area contributed by atoms with E-state index >= 15 is 0 Å². The number of rotatable bonds is 17. The van der Waals surface area contributed by atoms with Crippen molar-refractivity contribution < 1.29 is 21.6 Å². The molecule has 0 saturated carbocycles. The van der Waals surface area contributed by atoms with E-state index in [1.54, 1.807) is 0 Å². The smallest absolute Gasteiger partial charge is 0.214 e. The van der Waals surface area contributed by atoms with Gasteiger partial charge in [0.2, 0.25) is 20.0 Å². The van der Waals surface area contributed by atoms with Crippen LogP contribution in [0.1, 0.15) is 91.9 Å². The standard InChI is InChI=1S/C19H42N2O5S2/c1-5-18(6-2,17-27(20,22)23)13-9-11-15-26-16-12-10-14-19(7-3,8-4)28(21,24)25/h5-17H2,1-4H3,(H2,20,22,23)(H2,21,24,25). The van der Waals surface area contributed by atoms with E-state index in [2.05, 4.69) is 0 Å². The average molecular weight is 443 g/mol. The molecule has 9 heteroatoms. The Balaban J connectivity index is 4.13. The molecule has 0 amide bonds. The molecule has 0 unspecified atom stereocenters. The monoisotopic (exact) mass is 442 g/mol. The third-order valence-electron chi connectivity index (χ3n) is 6.32. The van der Waals surface area contributed by atoms with Crippen LogP contribution in [0.15, 0.2) is 0 Å². The van der Waals surface area contributed by atoms with Gasteiger partial charge in [0.25, 0.3) is 0 Å². The fourth-order valence-electron chi connectivity index (χ4n) is 3.91. The molecule has 0 bridgehead atoms. The van der Waals surface area contributed by atoms with E-state index in [0.717, 1.165) is 44.9 Å². The van der Waals surface area contributed by atoms with Gasteiger partial charge < -0.3 is 4.74 Å². The van der Waals surface area contributed by atoms with Gasteiger partial charge in [-0.1, -0.05) is 34.1 Å². The second-order valence-electron chi connectivity index (χ2n) is 7.98. The molecule has 4 N–H and O–H groups in total. The highest BCUT2D eigenvalue weighted by atomic mass is 32.2. The van der Waals surface area contributed by atoms with Crippen LogP contribution in [0.25, 0.3) is 0 Å². The molecule has 7 nitrogen and oxygen atoms in total. The van der Waals surface area contributed by atoms with E-state index < -0.39 is 24.8 Å². The summed E-state index contributed by atoms with van der Waals surface area (Å²) in [7, 11) is -7.03. The van der Waals surface area contributed by atoms with E-state index in [1.807, 2.05) is 27.7 Å². The topological polar surface area (TPSA) is 130 Å². The molecule has 0 spiro atoms. The fourth-order valence-corrected chi connectivity index (χ4v) is 6.55. The zero-order valence-corrected chi connectivity index (χ0v) is 19.8. The lowest BCUT2D eigenvalue weighted by Gasteiger charge is -2.30. The molecule has 170 valence electrons. The Morgan fingerprint density at radius 3 is 1.54 bits per heavy atom. The lowest BCUT2D eigenvalue weighted by atomic mass is 9.80. The summed E-state index contributed by atoms with van der Waals surface area (Å²) >= 11 is 0. The van der Waals surface area contributed by atoms with Crippen LogP contribution in [0.5, 0.6) is 0 Å². The average Bonchev–Trinajstić information content (AvgIpc) is 2.60. The molecular weight excluding hydrogens is 400 g/mol. The van der Waals surface area contributed by atoms with Gasteiger partial charge >= 0.3 is 0 Å². The summed E-state index contributed by atoms with van der Waals surface area (Å²) in [5, 5.41) is 10.7. The zero-order chi connectivity index (χ0) is 21.9. The van der Waals surface area contributed by atoms with Crippen molar-refractivity contribution >= 4 is 20.0 Å². The summed E-state index contributed by atoms with van der Waals surface area (Å²) in [4.78, 5) is 0. The summed E-state index contributed by atoms with van der Waals surface area (Å²) in [5.41, 5.74) is -0.245. The van der Waals surface area contributed by atoms with Gasteiger partial charge in [0.15, 0.2) is 0 Å². The van der Waals surface area contributed by atoms with Crippen LogP contribution < -0.4 is 10.3 Å². The highest BCUT2D eigenvalue weighted by molar-refractivity contribution is 7.90. The number of hydrogen-bond acceptors (Lipinski definition) is 5. The Morgan fingerprint density at radius 1 is 0.714 bits per heavy atom. The lowest BCUT2D eigenvalue weighted by Crippen LogP contribution is -2.42. The molecule has 0 fully saturated rings. The maximum atomic E-state index is 11.9.